The van der Waals surface area contributed by atoms with Gasteiger partial charge in [-0.25, -0.2) is 0 Å². The Bertz CT molecular complexity index is 3160. The van der Waals surface area contributed by atoms with Crippen molar-refractivity contribution in [3.05, 3.63) is 143 Å². The lowest BCUT2D eigenvalue weighted by Gasteiger charge is -2.54. The molecule has 1 fully saturated rings. The highest BCUT2D eigenvalue weighted by atomic mass is 32.1. The molecular formula is C62H67BN2S. The third kappa shape index (κ3) is 5.79. The van der Waals surface area contributed by atoms with Gasteiger partial charge in [0, 0.05) is 48.3 Å². The van der Waals surface area contributed by atoms with Crippen LogP contribution in [0.15, 0.2) is 115 Å². The van der Waals surface area contributed by atoms with Gasteiger partial charge in [-0.15, -0.1) is 11.3 Å². The topological polar surface area (TPSA) is 6.48 Å². The molecule has 4 heterocycles. The fraction of sp³-hybridized carbons (Fsp3) is 0.387. The van der Waals surface area contributed by atoms with Crippen LogP contribution in [0.4, 0.5) is 22.7 Å². The molecule has 0 spiro atoms. The second kappa shape index (κ2) is 13.8. The van der Waals surface area contributed by atoms with E-state index in [0.29, 0.717) is 0 Å². The molecule has 66 heavy (non-hydrogen) atoms. The average molecular weight is 883 g/mol. The predicted octanol–water partition coefficient (Wildman–Crippen LogP) is 16.2. The zero-order valence-electron chi connectivity index (χ0n) is 41.6. The van der Waals surface area contributed by atoms with Gasteiger partial charge in [-0.1, -0.05) is 162 Å². The summed E-state index contributed by atoms with van der Waals surface area (Å²) in [6, 6.07) is 45.7. The van der Waals surface area contributed by atoms with Crippen molar-refractivity contribution in [1.82, 2.24) is 0 Å². The number of nitrogens with zero attached hydrogens (tertiary/aromatic N) is 2. The Kier molecular flexibility index (Phi) is 8.83. The maximum Gasteiger partial charge on any atom is 0.339 e. The molecule has 0 N–H and O–H groups in total. The minimum Gasteiger partial charge on any atom is -0.399 e. The first kappa shape index (κ1) is 42.3. The van der Waals surface area contributed by atoms with Crippen LogP contribution >= 0.6 is 11.3 Å². The van der Waals surface area contributed by atoms with Crippen molar-refractivity contribution in [2.75, 3.05) is 9.71 Å². The third-order valence-corrected chi connectivity index (χ3v) is 19.0. The monoisotopic (exact) mass is 883 g/mol. The highest BCUT2D eigenvalue weighted by molar-refractivity contribution is 7.32. The van der Waals surface area contributed by atoms with E-state index in [1.54, 1.807) is 11.1 Å². The summed E-state index contributed by atoms with van der Waals surface area (Å²) in [4.78, 5) is 5.81. The number of benzene rings is 6. The van der Waals surface area contributed by atoms with Crippen molar-refractivity contribution in [2.45, 2.75) is 154 Å². The second-order valence-corrected chi connectivity index (χ2v) is 25.8. The summed E-state index contributed by atoms with van der Waals surface area (Å²) < 4.78 is 2.92. The van der Waals surface area contributed by atoms with Gasteiger partial charge in [0.2, 0.25) is 0 Å². The molecule has 2 aliphatic carbocycles. The molecule has 3 aliphatic heterocycles. The molecule has 334 valence electrons. The highest BCUT2D eigenvalue weighted by Crippen LogP contribution is 2.64. The van der Waals surface area contributed by atoms with Gasteiger partial charge in [-0.3, -0.25) is 0 Å². The number of thiophene rings is 1. The molecule has 6 aromatic carbocycles. The highest BCUT2D eigenvalue weighted by Gasteiger charge is 2.63. The predicted molar refractivity (Wildman–Crippen MR) is 287 cm³/mol. The van der Waals surface area contributed by atoms with Crippen molar-refractivity contribution in [3.63, 3.8) is 0 Å². The van der Waals surface area contributed by atoms with Crippen LogP contribution in [0, 0.1) is 0 Å². The largest absolute Gasteiger partial charge is 0.399 e. The van der Waals surface area contributed by atoms with Gasteiger partial charge in [-0.05, 0) is 152 Å². The Labute approximate surface area is 399 Å². The lowest BCUT2D eigenvalue weighted by atomic mass is 9.45. The van der Waals surface area contributed by atoms with E-state index in [4.69, 9.17) is 0 Å². The number of fused-ring (bicyclic) bond motifs is 10. The number of hydrogen-bond donors (Lipinski definition) is 0. The molecule has 5 aliphatic rings. The van der Waals surface area contributed by atoms with Crippen molar-refractivity contribution in [1.29, 1.82) is 0 Å². The number of anilines is 4. The SMILES string of the molecule is CC(C)(C)c1ccc(N2c3cc(-c4ccccc4)cc4c3B(c3sc5cc6c(cc5c32)C(C)(C)CCC6(C)C)N2c3c-4cc(C(C)(C)C)cc3C3(C)CCCCC23C)c(-c2ccccc2)c1. The molecule has 2 atom stereocenters. The molecule has 2 nitrogen and oxygen atoms in total. The minimum absolute atomic E-state index is 0.000931. The molecule has 0 amide bonds. The zero-order chi connectivity index (χ0) is 46.1. The number of rotatable bonds is 3. The molecule has 7 aromatic rings. The lowest BCUT2D eigenvalue weighted by Crippen LogP contribution is -2.70. The molecule has 0 radical (unpaired) electrons. The molecule has 2 unspecified atom stereocenters. The van der Waals surface area contributed by atoms with E-state index < -0.39 is 0 Å². The molecule has 4 heteroatoms. The van der Waals surface area contributed by atoms with Crippen LogP contribution in [-0.2, 0) is 27.1 Å². The standard InChI is InChI=1S/C62H67BN2S/c1-57(2,3)41-25-26-50(43(33-41)39-23-17-14-18-24-39)64-51-32-40(38-21-15-13-16-22-38)31-44-45-34-42(58(4,5)6)35-49-54(45)65(62(12)28-20-19-27-61(49,62)11)63(53(44)51)56-55(64)46-36-47-48(37-52(46)66-56)60(9,10)30-29-59(47,7)8/h13-18,21-26,31-37H,19-20,27-30H2,1-12H3. The fourth-order valence-electron chi connectivity index (χ4n) is 13.4. The zero-order valence-corrected chi connectivity index (χ0v) is 42.4. The minimum atomic E-state index is -0.0566. The van der Waals surface area contributed by atoms with Crippen LogP contribution in [0.25, 0.3) is 43.5 Å². The maximum atomic E-state index is 3.04. The van der Waals surface area contributed by atoms with Gasteiger partial charge in [0.25, 0.3) is 0 Å². The van der Waals surface area contributed by atoms with Gasteiger partial charge < -0.3 is 9.71 Å². The van der Waals surface area contributed by atoms with Gasteiger partial charge in [-0.2, -0.15) is 0 Å². The smallest absolute Gasteiger partial charge is 0.339 e. The van der Waals surface area contributed by atoms with Crippen LogP contribution in [0.5, 0.6) is 0 Å². The Balaban J connectivity index is 1.27. The van der Waals surface area contributed by atoms with Crippen LogP contribution < -0.4 is 20.0 Å². The van der Waals surface area contributed by atoms with E-state index in [2.05, 4.69) is 219 Å². The van der Waals surface area contributed by atoms with E-state index in [1.165, 1.54) is 132 Å². The van der Waals surface area contributed by atoms with Crippen molar-refractivity contribution < 1.29 is 0 Å². The summed E-state index contributed by atoms with van der Waals surface area (Å²) in [7, 11) is 0. The Morgan fingerprint density at radius 3 is 1.80 bits per heavy atom. The Morgan fingerprint density at radius 2 is 1.14 bits per heavy atom. The first-order valence-electron chi connectivity index (χ1n) is 25.0. The van der Waals surface area contributed by atoms with Crippen molar-refractivity contribution in [3.8, 4) is 33.4 Å². The van der Waals surface area contributed by atoms with E-state index in [9.17, 15) is 0 Å². The quantitative estimate of drug-likeness (QED) is 0.163. The first-order valence-corrected chi connectivity index (χ1v) is 25.9. The van der Waals surface area contributed by atoms with Crippen LogP contribution in [0.3, 0.4) is 0 Å². The third-order valence-electron chi connectivity index (χ3n) is 17.8. The van der Waals surface area contributed by atoms with E-state index in [1.807, 2.05) is 0 Å². The van der Waals surface area contributed by atoms with Gasteiger partial charge in [0.15, 0.2) is 0 Å². The van der Waals surface area contributed by atoms with Crippen LogP contribution in [-0.4, -0.2) is 12.4 Å². The van der Waals surface area contributed by atoms with Crippen LogP contribution in [0.2, 0.25) is 0 Å². The van der Waals surface area contributed by atoms with Crippen molar-refractivity contribution >= 4 is 61.3 Å². The molecule has 0 saturated heterocycles. The van der Waals surface area contributed by atoms with Gasteiger partial charge in [0.05, 0.1) is 11.4 Å². The maximum absolute atomic E-state index is 3.04. The first-order chi connectivity index (χ1) is 31.2. The molecular weight excluding hydrogens is 816 g/mol. The molecule has 12 rings (SSSR count). The molecule has 1 aromatic heterocycles. The summed E-state index contributed by atoms with van der Waals surface area (Å²) in [5.41, 5.74) is 22.4. The second-order valence-electron chi connectivity index (χ2n) is 24.7. The summed E-state index contributed by atoms with van der Waals surface area (Å²) in [5, 5.41) is 1.40. The molecule has 0 bridgehead atoms. The van der Waals surface area contributed by atoms with Gasteiger partial charge in [0.1, 0.15) is 0 Å². The van der Waals surface area contributed by atoms with Gasteiger partial charge >= 0.3 is 6.85 Å². The Hall–Kier alpha value is -5.06. The molecule has 1 saturated carbocycles. The fourth-order valence-corrected chi connectivity index (χ4v) is 14.7. The Morgan fingerprint density at radius 1 is 0.515 bits per heavy atom. The van der Waals surface area contributed by atoms with E-state index in [-0.39, 0.29) is 39.5 Å². The summed E-state index contributed by atoms with van der Waals surface area (Å²) in [6.45, 7) is 29.7. The van der Waals surface area contributed by atoms with Crippen LogP contribution in [0.1, 0.15) is 149 Å². The summed E-state index contributed by atoms with van der Waals surface area (Å²) >= 11 is 2.10. The van der Waals surface area contributed by atoms with Crippen molar-refractivity contribution in [2.24, 2.45) is 0 Å². The summed E-state index contributed by atoms with van der Waals surface area (Å²) in [5.74, 6) is 0. The van der Waals surface area contributed by atoms with E-state index >= 15 is 0 Å². The number of hydrogen-bond acceptors (Lipinski definition) is 3. The van der Waals surface area contributed by atoms with E-state index in [0.717, 1.165) is 0 Å². The summed E-state index contributed by atoms with van der Waals surface area (Å²) in [6.07, 6.45) is 7.35. The normalized spacial score (nSPS) is 22.2. The average Bonchev–Trinajstić information content (AvgIpc) is 3.76. The lowest BCUT2D eigenvalue weighted by molar-refractivity contribution is 0.199.